The number of hydrogen-bond donors (Lipinski definition) is 1. The first-order valence-electron chi connectivity index (χ1n) is 8.59. The second-order valence-electron chi connectivity index (χ2n) is 6.12. The highest BCUT2D eigenvalue weighted by molar-refractivity contribution is 8.00. The van der Waals surface area contributed by atoms with Crippen LogP contribution < -0.4 is 5.73 Å². The third-order valence-electron chi connectivity index (χ3n) is 4.43. The maximum atomic E-state index is 5.78. The van der Waals surface area contributed by atoms with Crippen LogP contribution in [0.1, 0.15) is 43.2 Å². The van der Waals surface area contributed by atoms with E-state index in [-0.39, 0.29) is 0 Å². The van der Waals surface area contributed by atoms with Gasteiger partial charge in [0, 0.05) is 16.7 Å². The Balaban J connectivity index is 1.75. The molecule has 0 saturated heterocycles. The molecular formula is C21H25NS. The molecule has 0 atom stereocenters. The molecule has 2 N–H and O–H groups in total. The molecular weight excluding hydrogens is 298 g/mol. The van der Waals surface area contributed by atoms with Crippen molar-refractivity contribution in [3.63, 3.8) is 0 Å². The van der Waals surface area contributed by atoms with Crippen molar-refractivity contribution in [1.29, 1.82) is 0 Å². The van der Waals surface area contributed by atoms with E-state index in [1.165, 1.54) is 53.7 Å². The Labute approximate surface area is 144 Å². The Morgan fingerprint density at radius 3 is 2.22 bits per heavy atom. The molecule has 0 aromatic heterocycles. The van der Waals surface area contributed by atoms with Crippen molar-refractivity contribution in [1.82, 2.24) is 0 Å². The maximum absolute atomic E-state index is 5.78. The molecule has 0 amide bonds. The SMILES string of the molecule is NCC=C(c1ccccc1)c1ccc(SC2CCCCC2)cc1. The summed E-state index contributed by atoms with van der Waals surface area (Å²) in [5.74, 6) is 0. The summed E-state index contributed by atoms with van der Waals surface area (Å²) in [5.41, 5.74) is 9.47. The molecule has 0 spiro atoms. The van der Waals surface area contributed by atoms with Crippen LogP contribution in [0.3, 0.4) is 0 Å². The largest absolute Gasteiger partial charge is 0.327 e. The van der Waals surface area contributed by atoms with Gasteiger partial charge in [0.25, 0.3) is 0 Å². The van der Waals surface area contributed by atoms with Gasteiger partial charge >= 0.3 is 0 Å². The Morgan fingerprint density at radius 2 is 1.57 bits per heavy atom. The number of benzene rings is 2. The molecule has 3 rings (SSSR count). The zero-order valence-electron chi connectivity index (χ0n) is 13.6. The second-order valence-corrected chi connectivity index (χ2v) is 7.50. The van der Waals surface area contributed by atoms with Crippen LogP contribution >= 0.6 is 11.8 Å². The standard InChI is InChI=1S/C21H25NS/c22-16-15-21(17-7-3-1-4-8-17)18-11-13-20(14-12-18)23-19-9-5-2-6-10-19/h1,3-4,7-8,11-15,19H,2,5-6,9-10,16,22H2. The Bertz CT molecular complexity index is 625. The van der Waals surface area contributed by atoms with Crippen LogP contribution in [-0.4, -0.2) is 11.8 Å². The molecule has 0 heterocycles. The van der Waals surface area contributed by atoms with Gasteiger partial charge in [0.1, 0.15) is 0 Å². The summed E-state index contributed by atoms with van der Waals surface area (Å²) in [6.45, 7) is 0.558. The number of nitrogens with two attached hydrogens (primary N) is 1. The van der Waals surface area contributed by atoms with Gasteiger partial charge in [-0.25, -0.2) is 0 Å². The molecule has 1 saturated carbocycles. The van der Waals surface area contributed by atoms with Crippen molar-refractivity contribution >= 4 is 17.3 Å². The van der Waals surface area contributed by atoms with Crippen LogP contribution in [0.4, 0.5) is 0 Å². The van der Waals surface area contributed by atoms with E-state index in [0.29, 0.717) is 6.54 Å². The Hall–Kier alpha value is -1.51. The number of thioether (sulfide) groups is 1. The monoisotopic (exact) mass is 323 g/mol. The third-order valence-corrected chi connectivity index (χ3v) is 5.78. The van der Waals surface area contributed by atoms with Crippen LogP contribution in [0.5, 0.6) is 0 Å². The highest BCUT2D eigenvalue weighted by Crippen LogP contribution is 2.34. The predicted octanol–water partition coefficient (Wildman–Crippen LogP) is 5.50. The van der Waals surface area contributed by atoms with E-state index in [0.717, 1.165) is 5.25 Å². The fourth-order valence-electron chi connectivity index (χ4n) is 3.23. The summed E-state index contributed by atoms with van der Waals surface area (Å²) in [4.78, 5) is 1.39. The summed E-state index contributed by atoms with van der Waals surface area (Å²) in [6, 6.07) is 19.5. The highest BCUT2D eigenvalue weighted by atomic mass is 32.2. The molecule has 0 aliphatic heterocycles. The summed E-state index contributed by atoms with van der Waals surface area (Å²) in [6.07, 6.45) is 9.06. The van der Waals surface area contributed by atoms with Crippen LogP contribution in [0, 0.1) is 0 Å². The quantitative estimate of drug-likeness (QED) is 0.786. The van der Waals surface area contributed by atoms with Crippen molar-refractivity contribution < 1.29 is 0 Å². The van der Waals surface area contributed by atoms with Gasteiger partial charge in [-0.1, -0.05) is 67.8 Å². The molecule has 2 heteroatoms. The molecule has 0 unspecified atom stereocenters. The molecule has 1 nitrogen and oxygen atoms in total. The lowest BCUT2D eigenvalue weighted by molar-refractivity contribution is 0.516. The van der Waals surface area contributed by atoms with Gasteiger partial charge in [0.2, 0.25) is 0 Å². The van der Waals surface area contributed by atoms with Crippen LogP contribution in [-0.2, 0) is 0 Å². The average Bonchev–Trinajstić information content (AvgIpc) is 2.62. The predicted molar refractivity (Wildman–Crippen MR) is 102 cm³/mol. The Morgan fingerprint density at radius 1 is 0.913 bits per heavy atom. The molecule has 1 aliphatic carbocycles. The van der Waals surface area contributed by atoms with E-state index in [9.17, 15) is 0 Å². The summed E-state index contributed by atoms with van der Waals surface area (Å²) in [7, 11) is 0. The lowest BCUT2D eigenvalue weighted by Crippen LogP contribution is -2.07. The Kier molecular flexibility index (Phi) is 5.95. The highest BCUT2D eigenvalue weighted by Gasteiger charge is 2.14. The lowest BCUT2D eigenvalue weighted by atomic mass is 9.98. The molecule has 2 aromatic rings. The van der Waals surface area contributed by atoms with Gasteiger partial charge in [-0.05, 0) is 41.7 Å². The zero-order valence-corrected chi connectivity index (χ0v) is 14.4. The fraction of sp³-hybridized carbons (Fsp3) is 0.333. The average molecular weight is 324 g/mol. The number of hydrogen-bond acceptors (Lipinski definition) is 2. The molecule has 0 radical (unpaired) electrons. The van der Waals surface area contributed by atoms with E-state index in [4.69, 9.17) is 5.73 Å². The van der Waals surface area contributed by atoms with Crippen LogP contribution in [0.25, 0.3) is 5.57 Å². The molecule has 1 aliphatic rings. The first-order valence-corrected chi connectivity index (χ1v) is 9.47. The molecule has 23 heavy (non-hydrogen) atoms. The van der Waals surface area contributed by atoms with Gasteiger partial charge in [0.15, 0.2) is 0 Å². The van der Waals surface area contributed by atoms with E-state index in [1.54, 1.807) is 0 Å². The van der Waals surface area contributed by atoms with E-state index >= 15 is 0 Å². The van der Waals surface area contributed by atoms with E-state index in [2.05, 4.69) is 54.6 Å². The van der Waals surface area contributed by atoms with Crippen LogP contribution in [0.15, 0.2) is 65.6 Å². The summed E-state index contributed by atoms with van der Waals surface area (Å²) in [5, 5.41) is 0.808. The maximum Gasteiger partial charge on any atom is 0.0116 e. The summed E-state index contributed by atoms with van der Waals surface area (Å²) < 4.78 is 0. The fourth-order valence-corrected chi connectivity index (χ4v) is 4.47. The third kappa shape index (κ3) is 4.49. The lowest BCUT2D eigenvalue weighted by Gasteiger charge is -2.21. The molecule has 120 valence electrons. The van der Waals surface area contributed by atoms with Gasteiger partial charge < -0.3 is 5.73 Å². The van der Waals surface area contributed by atoms with E-state index in [1.807, 2.05) is 17.8 Å². The van der Waals surface area contributed by atoms with Gasteiger partial charge in [-0.15, -0.1) is 11.8 Å². The van der Waals surface area contributed by atoms with Gasteiger partial charge in [0.05, 0.1) is 0 Å². The van der Waals surface area contributed by atoms with Crippen molar-refractivity contribution in [2.24, 2.45) is 5.73 Å². The minimum Gasteiger partial charge on any atom is -0.327 e. The topological polar surface area (TPSA) is 26.0 Å². The first-order chi connectivity index (χ1) is 11.4. The normalized spacial score (nSPS) is 16.5. The van der Waals surface area contributed by atoms with E-state index < -0.39 is 0 Å². The zero-order chi connectivity index (χ0) is 15.9. The van der Waals surface area contributed by atoms with Crippen molar-refractivity contribution in [2.75, 3.05) is 6.54 Å². The molecule has 1 fully saturated rings. The number of rotatable bonds is 5. The van der Waals surface area contributed by atoms with Gasteiger partial charge in [-0.3, -0.25) is 0 Å². The van der Waals surface area contributed by atoms with Crippen molar-refractivity contribution in [3.8, 4) is 0 Å². The van der Waals surface area contributed by atoms with Crippen molar-refractivity contribution in [3.05, 3.63) is 71.8 Å². The first kappa shape index (κ1) is 16.4. The van der Waals surface area contributed by atoms with Crippen molar-refractivity contribution in [2.45, 2.75) is 42.2 Å². The molecule has 0 bridgehead atoms. The summed E-state index contributed by atoms with van der Waals surface area (Å²) >= 11 is 2.05. The second kappa shape index (κ2) is 8.37. The molecule has 2 aromatic carbocycles. The van der Waals surface area contributed by atoms with Crippen LogP contribution in [0.2, 0.25) is 0 Å². The van der Waals surface area contributed by atoms with Gasteiger partial charge in [-0.2, -0.15) is 0 Å². The smallest absolute Gasteiger partial charge is 0.0116 e. The minimum atomic E-state index is 0.558. The minimum absolute atomic E-state index is 0.558.